The van der Waals surface area contributed by atoms with Crippen LogP contribution in [0.25, 0.3) is 5.65 Å². The molecule has 0 radical (unpaired) electrons. The maximum absolute atomic E-state index is 13.0. The molecule has 2 heterocycles. The van der Waals surface area contributed by atoms with Gasteiger partial charge in [-0.2, -0.15) is 0 Å². The number of halogens is 3. The van der Waals surface area contributed by atoms with E-state index >= 15 is 0 Å². The average molecular weight is 460 g/mol. The summed E-state index contributed by atoms with van der Waals surface area (Å²) in [4.78, 5) is 21.4. The summed E-state index contributed by atoms with van der Waals surface area (Å²) >= 11 is 12.4. The number of aromatic nitrogens is 3. The third kappa shape index (κ3) is 2.88. The Hall–Kier alpha value is -1.44. The lowest BCUT2D eigenvalue weighted by Gasteiger charge is -2.07. The Morgan fingerprint density at radius 2 is 1.96 bits per heavy atom. The molecule has 23 heavy (non-hydrogen) atoms. The SMILES string of the molecule is CCc1nc2cc(Cl)ncn2c1C(=O)c1cc(Br)c(O)c(Br)c1. The van der Waals surface area contributed by atoms with Crippen LogP contribution in [0.15, 0.2) is 33.5 Å². The number of rotatable bonds is 3. The molecule has 0 aliphatic rings. The van der Waals surface area contributed by atoms with E-state index in [1.54, 1.807) is 22.6 Å². The summed E-state index contributed by atoms with van der Waals surface area (Å²) in [6.45, 7) is 1.93. The molecule has 0 aliphatic carbocycles. The van der Waals surface area contributed by atoms with Crippen molar-refractivity contribution < 1.29 is 9.90 Å². The van der Waals surface area contributed by atoms with Crippen molar-refractivity contribution in [1.29, 1.82) is 0 Å². The van der Waals surface area contributed by atoms with E-state index in [2.05, 4.69) is 41.8 Å². The molecular weight excluding hydrogens is 449 g/mol. The molecule has 0 unspecified atom stereocenters. The molecule has 1 N–H and O–H groups in total. The van der Waals surface area contributed by atoms with Crippen LogP contribution < -0.4 is 0 Å². The van der Waals surface area contributed by atoms with Gasteiger partial charge in [-0.05, 0) is 50.4 Å². The van der Waals surface area contributed by atoms with E-state index in [4.69, 9.17) is 11.6 Å². The molecule has 1 aromatic carbocycles. The zero-order valence-corrected chi connectivity index (χ0v) is 15.8. The van der Waals surface area contributed by atoms with E-state index in [0.29, 0.717) is 43.1 Å². The molecule has 5 nitrogen and oxygen atoms in total. The van der Waals surface area contributed by atoms with Crippen molar-refractivity contribution >= 4 is 54.9 Å². The number of carbonyl (C=O) groups is 1. The first-order chi connectivity index (χ1) is 10.9. The Kier molecular flexibility index (Phi) is 4.44. The third-order valence-corrected chi connectivity index (χ3v) is 4.80. The lowest BCUT2D eigenvalue weighted by atomic mass is 10.1. The minimum atomic E-state index is -0.208. The van der Waals surface area contributed by atoms with Gasteiger partial charge in [0.15, 0.2) is 0 Å². The number of benzene rings is 1. The largest absolute Gasteiger partial charge is 0.506 e. The van der Waals surface area contributed by atoms with E-state index in [9.17, 15) is 9.90 Å². The van der Waals surface area contributed by atoms with Crippen LogP contribution in [0.4, 0.5) is 0 Å². The fourth-order valence-electron chi connectivity index (χ4n) is 2.29. The number of aromatic hydroxyl groups is 1. The smallest absolute Gasteiger partial charge is 0.211 e. The number of carbonyl (C=O) groups excluding carboxylic acids is 1. The highest BCUT2D eigenvalue weighted by Crippen LogP contribution is 2.34. The minimum Gasteiger partial charge on any atom is -0.506 e. The molecule has 0 amide bonds. The Balaban J connectivity index is 2.21. The number of hydrogen-bond acceptors (Lipinski definition) is 4. The monoisotopic (exact) mass is 457 g/mol. The van der Waals surface area contributed by atoms with Gasteiger partial charge in [-0.25, -0.2) is 9.97 Å². The van der Waals surface area contributed by atoms with Crippen LogP contribution in [0.5, 0.6) is 5.75 Å². The lowest BCUT2D eigenvalue weighted by Crippen LogP contribution is -2.08. The topological polar surface area (TPSA) is 67.5 Å². The number of hydrogen-bond donors (Lipinski definition) is 1. The summed E-state index contributed by atoms with van der Waals surface area (Å²) in [6, 6.07) is 4.76. The number of aryl methyl sites for hydroxylation is 1. The maximum atomic E-state index is 13.0. The summed E-state index contributed by atoms with van der Waals surface area (Å²) in [5, 5.41) is 10.1. The molecule has 0 spiro atoms. The van der Waals surface area contributed by atoms with Gasteiger partial charge in [0.05, 0.1) is 14.6 Å². The first-order valence-corrected chi connectivity index (χ1v) is 8.64. The van der Waals surface area contributed by atoms with Crippen molar-refractivity contribution in [3.63, 3.8) is 0 Å². The first kappa shape index (κ1) is 16.4. The summed E-state index contributed by atoms with van der Waals surface area (Å²) < 4.78 is 2.49. The Bertz CT molecular complexity index is 917. The van der Waals surface area contributed by atoms with E-state index < -0.39 is 0 Å². The number of fused-ring (bicyclic) bond motifs is 1. The number of nitrogens with zero attached hydrogens (tertiary/aromatic N) is 3. The molecule has 0 fully saturated rings. The highest BCUT2D eigenvalue weighted by Gasteiger charge is 2.21. The van der Waals surface area contributed by atoms with E-state index in [1.807, 2.05) is 6.92 Å². The molecule has 2 aromatic heterocycles. The van der Waals surface area contributed by atoms with Crippen LogP contribution in [-0.4, -0.2) is 25.3 Å². The minimum absolute atomic E-state index is 0.0452. The zero-order chi connectivity index (χ0) is 16.7. The van der Waals surface area contributed by atoms with Gasteiger partial charge in [0.1, 0.15) is 28.6 Å². The van der Waals surface area contributed by atoms with Crippen molar-refractivity contribution in [2.24, 2.45) is 0 Å². The fourth-order valence-corrected chi connectivity index (χ4v) is 3.62. The number of phenolic OH excluding ortho intramolecular Hbond substituents is 1. The van der Waals surface area contributed by atoms with E-state index in [0.717, 1.165) is 0 Å². The number of ketones is 1. The summed E-state index contributed by atoms with van der Waals surface area (Å²) in [5.74, 6) is -0.163. The fraction of sp³-hybridized carbons (Fsp3) is 0.133. The molecule has 118 valence electrons. The van der Waals surface area contributed by atoms with Crippen LogP contribution in [-0.2, 0) is 6.42 Å². The van der Waals surface area contributed by atoms with Crippen molar-refractivity contribution in [2.45, 2.75) is 13.3 Å². The van der Waals surface area contributed by atoms with Crippen molar-refractivity contribution in [2.75, 3.05) is 0 Å². The standard InChI is InChI=1S/C15H10Br2ClN3O2/c1-2-10-13(21-6-19-11(18)5-12(21)20-10)14(22)7-3-8(16)15(23)9(17)4-7/h3-6,23H,2H2,1H3. The van der Waals surface area contributed by atoms with Crippen LogP contribution in [0.1, 0.15) is 28.7 Å². The maximum Gasteiger partial charge on any atom is 0.211 e. The predicted molar refractivity (Wildman–Crippen MR) is 94.3 cm³/mol. The summed E-state index contributed by atoms with van der Waals surface area (Å²) in [6.07, 6.45) is 2.09. The van der Waals surface area contributed by atoms with Crippen LogP contribution in [0.3, 0.4) is 0 Å². The van der Waals surface area contributed by atoms with Gasteiger partial charge in [-0.3, -0.25) is 9.20 Å². The predicted octanol–water partition coefficient (Wildman–Crippen LogP) is 4.41. The second kappa shape index (κ2) is 6.22. The average Bonchev–Trinajstić information content (AvgIpc) is 2.88. The summed E-state index contributed by atoms with van der Waals surface area (Å²) in [5.41, 5.74) is 2.10. The van der Waals surface area contributed by atoms with Gasteiger partial charge in [0.25, 0.3) is 0 Å². The molecule has 0 aliphatic heterocycles. The Morgan fingerprint density at radius 3 is 2.57 bits per heavy atom. The van der Waals surface area contributed by atoms with Gasteiger partial charge in [0.2, 0.25) is 5.78 Å². The normalized spacial score (nSPS) is 11.1. The highest BCUT2D eigenvalue weighted by molar-refractivity contribution is 9.11. The highest BCUT2D eigenvalue weighted by atomic mass is 79.9. The van der Waals surface area contributed by atoms with E-state index in [-0.39, 0.29) is 11.5 Å². The van der Waals surface area contributed by atoms with Gasteiger partial charge >= 0.3 is 0 Å². The van der Waals surface area contributed by atoms with Crippen LogP contribution >= 0.6 is 43.5 Å². The zero-order valence-electron chi connectivity index (χ0n) is 11.8. The van der Waals surface area contributed by atoms with Crippen LogP contribution in [0.2, 0.25) is 5.15 Å². The van der Waals surface area contributed by atoms with Crippen molar-refractivity contribution in [3.05, 3.63) is 55.6 Å². The molecule has 3 aromatic rings. The number of imidazole rings is 1. The lowest BCUT2D eigenvalue weighted by molar-refractivity contribution is 0.103. The van der Waals surface area contributed by atoms with Gasteiger partial charge < -0.3 is 5.11 Å². The second-order valence-electron chi connectivity index (χ2n) is 4.82. The quantitative estimate of drug-likeness (QED) is 0.466. The molecule has 0 bridgehead atoms. The van der Waals surface area contributed by atoms with Crippen LogP contribution in [0, 0.1) is 0 Å². The Labute approximate surface area is 153 Å². The second-order valence-corrected chi connectivity index (χ2v) is 6.91. The first-order valence-electron chi connectivity index (χ1n) is 6.67. The molecule has 8 heteroatoms. The molecule has 0 atom stereocenters. The van der Waals surface area contributed by atoms with Crippen molar-refractivity contribution in [3.8, 4) is 5.75 Å². The summed E-state index contributed by atoms with van der Waals surface area (Å²) in [7, 11) is 0. The van der Waals surface area contributed by atoms with E-state index in [1.165, 1.54) is 6.33 Å². The third-order valence-electron chi connectivity index (χ3n) is 3.38. The van der Waals surface area contributed by atoms with Gasteiger partial charge in [0, 0.05) is 11.6 Å². The molecule has 0 saturated carbocycles. The molecule has 0 saturated heterocycles. The van der Waals surface area contributed by atoms with Gasteiger partial charge in [-0.1, -0.05) is 18.5 Å². The number of phenols is 1. The Morgan fingerprint density at radius 1 is 1.30 bits per heavy atom. The van der Waals surface area contributed by atoms with Gasteiger partial charge in [-0.15, -0.1) is 0 Å². The van der Waals surface area contributed by atoms with Crippen molar-refractivity contribution in [1.82, 2.24) is 14.4 Å². The molecule has 3 rings (SSSR count). The molecular formula is C15H10Br2ClN3O2.